The van der Waals surface area contributed by atoms with Gasteiger partial charge in [-0.05, 0) is 50.1 Å². The monoisotopic (exact) mass is 337 g/mol. The first-order chi connectivity index (χ1) is 10.2. The Hall–Kier alpha value is -1.43. The Morgan fingerprint density at radius 1 is 1.41 bits per heavy atom. The van der Waals surface area contributed by atoms with E-state index in [-0.39, 0.29) is 18.3 Å². The van der Waals surface area contributed by atoms with Crippen molar-refractivity contribution in [3.8, 4) is 10.6 Å². The molecule has 0 radical (unpaired) electrons. The number of benzene rings is 1. The Balaban J connectivity index is 0.00000176. The number of thiazole rings is 1. The molecule has 1 amide bonds. The van der Waals surface area contributed by atoms with Crippen LogP contribution >= 0.6 is 23.7 Å². The van der Waals surface area contributed by atoms with E-state index in [1.54, 1.807) is 17.5 Å². The molecule has 1 aliphatic rings. The van der Waals surface area contributed by atoms with E-state index in [0.717, 1.165) is 42.1 Å². The Kier molecular flexibility index (Phi) is 5.56. The third-order valence-corrected chi connectivity index (χ3v) is 4.93. The lowest BCUT2D eigenvalue weighted by Gasteiger charge is -2.26. The second-order valence-electron chi connectivity index (χ2n) is 5.33. The molecule has 1 atom stereocenters. The van der Waals surface area contributed by atoms with Crippen LogP contribution in [0.4, 0.5) is 5.69 Å². The van der Waals surface area contributed by atoms with E-state index in [2.05, 4.69) is 22.5 Å². The summed E-state index contributed by atoms with van der Waals surface area (Å²) in [6.07, 6.45) is 4.58. The maximum Gasteiger partial charge on any atom is 0.244 e. The van der Waals surface area contributed by atoms with Crippen molar-refractivity contribution in [2.24, 2.45) is 0 Å². The summed E-state index contributed by atoms with van der Waals surface area (Å²) in [5.74, 6) is 0.0736. The number of carbonyl (C=O) groups excluding carboxylic acids is 1. The van der Waals surface area contributed by atoms with Gasteiger partial charge in [-0.15, -0.1) is 23.7 Å². The van der Waals surface area contributed by atoms with Crippen molar-refractivity contribution in [3.05, 3.63) is 35.8 Å². The molecule has 1 aromatic carbocycles. The molecule has 1 fully saturated rings. The molecule has 0 saturated carbocycles. The number of hydrogen-bond acceptors (Lipinski definition) is 4. The molecule has 1 aliphatic heterocycles. The normalized spacial score (nSPS) is 20.4. The van der Waals surface area contributed by atoms with Gasteiger partial charge in [-0.1, -0.05) is 6.92 Å². The minimum atomic E-state index is -0.395. The van der Waals surface area contributed by atoms with Gasteiger partial charge >= 0.3 is 0 Å². The van der Waals surface area contributed by atoms with Crippen LogP contribution < -0.4 is 10.6 Å². The second kappa shape index (κ2) is 7.22. The number of nitrogens with one attached hydrogen (secondary N) is 2. The number of anilines is 1. The quantitative estimate of drug-likeness (QED) is 0.894. The Morgan fingerprint density at radius 2 is 2.18 bits per heavy atom. The fraction of sp³-hybridized carbons (Fsp3) is 0.375. The van der Waals surface area contributed by atoms with E-state index >= 15 is 0 Å². The highest BCUT2D eigenvalue weighted by molar-refractivity contribution is 7.13. The largest absolute Gasteiger partial charge is 0.324 e. The number of amides is 1. The average molecular weight is 338 g/mol. The maximum atomic E-state index is 12.5. The van der Waals surface area contributed by atoms with E-state index < -0.39 is 5.54 Å². The summed E-state index contributed by atoms with van der Waals surface area (Å²) in [6, 6.07) is 7.87. The predicted molar refractivity (Wildman–Crippen MR) is 93.7 cm³/mol. The van der Waals surface area contributed by atoms with Crippen molar-refractivity contribution in [2.75, 3.05) is 11.9 Å². The highest BCUT2D eigenvalue weighted by atomic mass is 35.5. The SMILES string of the molecule is CCC1(C(=O)Nc2ccc(-c3nccs3)cc2)CCCN1.Cl. The molecule has 4 nitrogen and oxygen atoms in total. The third-order valence-electron chi connectivity index (χ3n) is 4.10. The summed E-state index contributed by atoms with van der Waals surface area (Å²) in [6.45, 7) is 2.98. The number of nitrogens with zero attached hydrogens (tertiary/aromatic N) is 1. The summed E-state index contributed by atoms with van der Waals surface area (Å²) in [5.41, 5.74) is 1.52. The van der Waals surface area contributed by atoms with Gasteiger partial charge in [0.1, 0.15) is 5.01 Å². The average Bonchev–Trinajstić information content (AvgIpc) is 3.20. The summed E-state index contributed by atoms with van der Waals surface area (Å²) in [5, 5.41) is 9.34. The Morgan fingerprint density at radius 3 is 2.73 bits per heavy atom. The van der Waals surface area contributed by atoms with Crippen LogP contribution in [0.2, 0.25) is 0 Å². The zero-order valence-corrected chi connectivity index (χ0v) is 14.1. The molecule has 0 spiro atoms. The van der Waals surface area contributed by atoms with Gasteiger partial charge in [0.2, 0.25) is 5.91 Å². The van der Waals surface area contributed by atoms with E-state index in [1.807, 2.05) is 29.6 Å². The number of hydrogen-bond donors (Lipinski definition) is 2. The van der Waals surface area contributed by atoms with Crippen molar-refractivity contribution >= 4 is 35.3 Å². The first-order valence-corrected chi connectivity index (χ1v) is 8.18. The van der Waals surface area contributed by atoms with Crippen molar-refractivity contribution in [1.82, 2.24) is 10.3 Å². The van der Waals surface area contributed by atoms with Crippen LogP contribution in [0.5, 0.6) is 0 Å². The van der Waals surface area contributed by atoms with Crippen LogP contribution in [0, 0.1) is 0 Å². The highest BCUT2D eigenvalue weighted by Gasteiger charge is 2.38. The van der Waals surface area contributed by atoms with Crippen LogP contribution in [-0.4, -0.2) is 23.0 Å². The molecule has 2 aromatic rings. The third kappa shape index (κ3) is 3.32. The summed E-state index contributed by atoms with van der Waals surface area (Å²) in [7, 11) is 0. The molecule has 0 aliphatic carbocycles. The van der Waals surface area contributed by atoms with Gasteiger partial charge in [-0.2, -0.15) is 0 Å². The molecular formula is C16H20ClN3OS. The zero-order chi connectivity index (χ0) is 14.7. The standard InChI is InChI=1S/C16H19N3OS.ClH/c1-2-16(8-3-9-18-16)15(20)19-13-6-4-12(5-7-13)14-17-10-11-21-14;/h4-7,10-11,18H,2-3,8-9H2,1H3,(H,19,20);1H. The molecule has 1 unspecified atom stereocenters. The van der Waals surface area contributed by atoms with Gasteiger partial charge in [-0.3, -0.25) is 4.79 Å². The lowest BCUT2D eigenvalue weighted by molar-refractivity contribution is -0.122. The van der Waals surface area contributed by atoms with Gasteiger partial charge in [0.05, 0.1) is 5.54 Å². The molecule has 118 valence electrons. The molecule has 1 aromatic heterocycles. The molecule has 2 heterocycles. The van der Waals surface area contributed by atoms with Crippen LogP contribution in [-0.2, 0) is 4.79 Å². The van der Waals surface area contributed by atoms with Gasteiger partial charge in [0.15, 0.2) is 0 Å². The number of halogens is 1. The van der Waals surface area contributed by atoms with Crippen molar-refractivity contribution in [2.45, 2.75) is 31.7 Å². The fourth-order valence-electron chi connectivity index (χ4n) is 2.78. The highest BCUT2D eigenvalue weighted by Crippen LogP contribution is 2.26. The zero-order valence-electron chi connectivity index (χ0n) is 12.5. The first-order valence-electron chi connectivity index (χ1n) is 7.30. The molecular weight excluding hydrogens is 318 g/mol. The van der Waals surface area contributed by atoms with E-state index in [4.69, 9.17) is 0 Å². The van der Waals surface area contributed by atoms with Crippen LogP contribution in [0.1, 0.15) is 26.2 Å². The minimum absolute atomic E-state index is 0. The predicted octanol–water partition coefficient (Wildman–Crippen LogP) is 3.70. The van der Waals surface area contributed by atoms with Gasteiger partial charge in [-0.25, -0.2) is 4.98 Å². The lowest BCUT2D eigenvalue weighted by atomic mass is 9.93. The Labute approximate surface area is 140 Å². The molecule has 6 heteroatoms. The van der Waals surface area contributed by atoms with Crippen LogP contribution in [0.25, 0.3) is 10.6 Å². The number of rotatable bonds is 4. The molecule has 3 rings (SSSR count). The first kappa shape index (κ1) is 16.9. The van der Waals surface area contributed by atoms with Gasteiger partial charge < -0.3 is 10.6 Å². The van der Waals surface area contributed by atoms with Crippen molar-refractivity contribution < 1.29 is 4.79 Å². The minimum Gasteiger partial charge on any atom is -0.324 e. The molecule has 22 heavy (non-hydrogen) atoms. The van der Waals surface area contributed by atoms with Crippen molar-refractivity contribution in [3.63, 3.8) is 0 Å². The molecule has 1 saturated heterocycles. The summed E-state index contributed by atoms with van der Waals surface area (Å²) < 4.78 is 0. The topological polar surface area (TPSA) is 54.0 Å². The van der Waals surface area contributed by atoms with E-state index in [1.165, 1.54) is 0 Å². The Bertz CT molecular complexity index is 607. The fourth-order valence-corrected chi connectivity index (χ4v) is 3.42. The van der Waals surface area contributed by atoms with Gasteiger partial charge in [0.25, 0.3) is 0 Å². The number of aromatic nitrogens is 1. The van der Waals surface area contributed by atoms with Crippen LogP contribution in [0.3, 0.4) is 0 Å². The summed E-state index contributed by atoms with van der Waals surface area (Å²) >= 11 is 1.61. The van der Waals surface area contributed by atoms with Crippen molar-refractivity contribution in [1.29, 1.82) is 0 Å². The lowest BCUT2D eigenvalue weighted by Crippen LogP contribution is -2.50. The summed E-state index contributed by atoms with van der Waals surface area (Å²) in [4.78, 5) is 16.8. The maximum absolute atomic E-state index is 12.5. The number of carbonyl (C=O) groups is 1. The molecule has 0 bridgehead atoms. The second-order valence-corrected chi connectivity index (χ2v) is 6.23. The smallest absolute Gasteiger partial charge is 0.244 e. The van der Waals surface area contributed by atoms with Gasteiger partial charge in [0, 0.05) is 22.8 Å². The van der Waals surface area contributed by atoms with E-state index in [0.29, 0.717) is 0 Å². The van der Waals surface area contributed by atoms with Crippen LogP contribution in [0.15, 0.2) is 35.8 Å². The molecule has 2 N–H and O–H groups in total. The van der Waals surface area contributed by atoms with E-state index in [9.17, 15) is 4.79 Å².